The summed E-state index contributed by atoms with van der Waals surface area (Å²) in [5.41, 5.74) is 3.46. The van der Waals surface area contributed by atoms with Gasteiger partial charge in [0.2, 0.25) is 15.9 Å². The summed E-state index contributed by atoms with van der Waals surface area (Å²) in [5.74, 6) is -0.214. The highest BCUT2D eigenvalue weighted by Gasteiger charge is 2.31. The minimum Gasteiger partial charge on any atom is -0.372 e. The topological polar surface area (TPSA) is 69.7 Å². The molecule has 1 N–H and O–H groups in total. The Bertz CT molecular complexity index is 1020. The summed E-state index contributed by atoms with van der Waals surface area (Å²) in [7, 11) is -3.35. The SMILES string of the molecule is O=C(NCc1ccc(N2CCCCC2)cc1)C1CCCN(S(=O)(=O)CCCc2ccccc2)C1. The second-order valence-electron chi connectivity index (χ2n) is 9.53. The summed E-state index contributed by atoms with van der Waals surface area (Å²) < 4.78 is 27.3. The van der Waals surface area contributed by atoms with Crippen LogP contribution in [0.4, 0.5) is 5.69 Å². The zero-order valence-electron chi connectivity index (χ0n) is 20.0. The zero-order chi connectivity index (χ0) is 23.8. The van der Waals surface area contributed by atoms with E-state index in [1.165, 1.54) is 29.3 Å². The summed E-state index contributed by atoms with van der Waals surface area (Å²) >= 11 is 0. The fraction of sp³-hybridized carbons (Fsp3) is 0.519. The van der Waals surface area contributed by atoms with Gasteiger partial charge in [-0.2, -0.15) is 0 Å². The summed E-state index contributed by atoms with van der Waals surface area (Å²) in [4.78, 5) is 15.2. The number of benzene rings is 2. The maximum Gasteiger partial charge on any atom is 0.224 e. The van der Waals surface area contributed by atoms with E-state index in [0.29, 0.717) is 19.5 Å². The fourth-order valence-corrected chi connectivity index (χ4v) is 6.53. The Labute approximate surface area is 204 Å². The minimum absolute atomic E-state index is 0.0516. The lowest BCUT2D eigenvalue weighted by Gasteiger charge is -2.31. The Morgan fingerprint density at radius 3 is 2.35 bits per heavy atom. The number of aryl methyl sites for hydroxylation is 1. The van der Waals surface area contributed by atoms with Gasteiger partial charge in [-0.3, -0.25) is 4.79 Å². The van der Waals surface area contributed by atoms with E-state index in [2.05, 4.69) is 34.5 Å². The second kappa shape index (κ2) is 11.8. The molecule has 2 aromatic rings. The number of piperidine rings is 2. The van der Waals surface area contributed by atoms with Crippen LogP contribution in [0.3, 0.4) is 0 Å². The predicted octanol–water partition coefficient (Wildman–Crippen LogP) is 3.97. The van der Waals surface area contributed by atoms with Gasteiger partial charge in [-0.15, -0.1) is 0 Å². The molecular weight excluding hydrogens is 446 g/mol. The third kappa shape index (κ3) is 6.83. The number of hydrogen-bond donors (Lipinski definition) is 1. The lowest BCUT2D eigenvalue weighted by Crippen LogP contribution is -2.46. The molecule has 2 heterocycles. The molecule has 0 radical (unpaired) electrons. The Kier molecular flexibility index (Phi) is 8.62. The summed E-state index contributed by atoms with van der Waals surface area (Å²) in [5, 5.41) is 3.03. The molecule has 1 atom stereocenters. The molecule has 1 amide bonds. The average molecular weight is 484 g/mol. The maximum atomic E-state index is 12.9. The molecule has 0 aromatic heterocycles. The van der Waals surface area contributed by atoms with E-state index in [1.807, 2.05) is 30.3 Å². The van der Waals surface area contributed by atoms with Gasteiger partial charge in [0.1, 0.15) is 0 Å². The molecule has 7 heteroatoms. The van der Waals surface area contributed by atoms with Crippen LogP contribution in [0, 0.1) is 5.92 Å². The van der Waals surface area contributed by atoms with E-state index in [1.54, 1.807) is 0 Å². The lowest BCUT2D eigenvalue weighted by molar-refractivity contribution is -0.126. The monoisotopic (exact) mass is 483 g/mol. The number of carbonyl (C=O) groups is 1. The Morgan fingerprint density at radius 1 is 0.882 bits per heavy atom. The highest BCUT2D eigenvalue weighted by Crippen LogP contribution is 2.22. The van der Waals surface area contributed by atoms with Crippen LogP contribution >= 0.6 is 0 Å². The average Bonchev–Trinajstić information content (AvgIpc) is 2.89. The highest BCUT2D eigenvalue weighted by atomic mass is 32.2. The summed E-state index contributed by atoms with van der Waals surface area (Å²) in [6.45, 7) is 3.50. The number of nitrogens with one attached hydrogen (secondary N) is 1. The molecule has 4 rings (SSSR count). The van der Waals surface area contributed by atoms with E-state index in [0.717, 1.165) is 43.5 Å². The van der Waals surface area contributed by atoms with Crippen molar-refractivity contribution in [3.8, 4) is 0 Å². The van der Waals surface area contributed by atoms with Gasteiger partial charge in [-0.05, 0) is 68.2 Å². The van der Waals surface area contributed by atoms with Gasteiger partial charge >= 0.3 is 0 Å². The van der Waals surface area contributed by atoms with Crippen LogP contribution in [0.15, 0.2) is 54.6 Å². The van der Waals surface area contributed by atoms with Gasteiger partial charge in [-0.25, -0.2) is 12.7 Å². The first kappa shape index (κ1) is 24.7. The highest BCUT2D eigenvalue weighted by molar-refractivity contribution is 7.89. The van der Waals surface area contributed by atoms with Crippen LogP contribution < -0.4 is 10.2 Å². The standard InChI is InChI=1S/C27H37N3O3S/c31-27(28-21-24-13-15-26(16-14-24)29-17-5-2-6-18-29)25-12-7-19-30(22-25)34(32,33)20-8-11-23-9-3-1-4-10-23/h1,3-4,9-10,13-16,25H,2,5-8,11-12,17-22H2,(H,28,31). The van der Waals surface area contributed by atoms with Crippen molar-refractivity contribution in [2.75, 3.05) is 36.8 Å². The van der Waals surface area contributed by atoms with Gasteiger partial charge in [0.05, 0.1) is 11.7 Å². The van der Waals surface area contributed by atoms with Crippen molar-refractivity contribution in [2.45, 2.75) is 51.5 Å². The van der Waals surface area contributed by atoms with Crippen LogP contribution in [-0.2, 0) is 27.8 Å². The van der Waals surface area contributed by atoms with Crippen molar-refractivity contribution < 1.29 is 13.2 Å². The molecule has 0 saturated carbocycles. The molecule has 0 aliphatic carbocycles. The van der Waals surface area contributed by atoms with Crippen molar-refractivity contribution >= 4 is 21.6 Å². The van der Waals surface area contributed by atoms with Gasteiger partial charge < -0.3 is 10.2 Å². The number of carbonyl (C=O) groups excluding carboxylic acids is 1. The van der Waals surface area contributed by atoms with E-state index in [4.69, 9.17) is 0 Å². The molecule has 2 aliphatic rings. The van der Waals surface area contributed by atoms with Crippen LogP contribution in [0.2, 0.25) is 0 Å². The van der Waals surface area contributed by atoms with Crippen molar-refractivity contribution in [2.24, 2.45) is 5.92 Å². The largest absolute Gasteiger partial charge is 0.372 e. The third-order valence-corrected chi connectivity index (χ3v) is 8.91. The smallest absolute Gasteiger partial charge is 0.224 e. The number of sulfonamides is 1. The molecule has 6 nitrogen and oxygen atoms in total. The van der Waals surface area contributed by atoms with E-state index in [-0.39, 0.29) is 24.1 Å². The molecule has 2 fully saturated rings. The molecule has 34 heavy (non-hydrogen) atoms. The fourth-order valence-electron chi connectivity index (χ4n) is 4.95. The van der Waals surface area contributed by atoms with E-state index < -0.39 is 10.0 Å². The van der Waals surface area contributed by atoms with Crippen molar-refractivity contribution in [1.82, 2.24) is 9.62 Å². The van der Waals surface area contributed by atoms with Crippen molar-refractivity contribution in [3.63, 3.8) is 0 Å². The Morgan fingerprint density at radius 2 is 1.62 bits per heavy atom. The molecule has 2 aromatic carbocycles. The number of rotatable bonds is 9. The molecule has 0 bridgehead atoms. The normalized spacial score (nSPS) is 19.6. The molecule has 2 aliphatic heterocycles. The Hall–Kier alpha value is -2.38. The zero-order valence-corrected chi connectivity index (χ0v) is 20.8. The first-order chi connectivity index (χ1) is 16.5. The minimum atomic E-state index is -3.35. The predicted molar refractivity (Wildman–Crippen MR) is 137 cm³/mol. The molecule has 0 spiro atoms. The molecule has 1 unspecified atom stereocenters. The van der Waals surface area contributed by atoms with Crippen molar-refractivity contribution in [3.05, 3.63) is 65.7 Å². The van der Waals surface area contributed by atoms with Gasteiger partial charge in [0.25, 0.3) is 0 Å². The first-order valence-corrected chi connectivity index (χ1v) is 14.3. The van der Waals surface area contributed by atoms with Gasteiger partial charge in [0.15, 0.2) is 0 Å². The molecular formula is C27H37N3O3S. The molecule has 2 saturated heterocycles. The maximum absolute atomic E-state index is 12.9. The van der Waals surface area contributed by atoms with E-state index >= 15 is 0 Å². The van der Waals surface area contributed by atoms with Crippen LogP contribution in [-0.4, -0.2) is 50.6 Å². The molecule has 184 valence electrons. The lowest BCUT2D eigenvalue weighted by atomic mass is 9.98. The quantitative estimate of drug-likeness (QED) is 0.586. The van der Waals surface area contributed by atoms with E-state index in [9.17, 15) is 13.2 Å². The number of nitrogens with zero attached hydrogens (tertiary/aromatic N) is 2. The van der Waals surface area contributed by atoms with Crippen LogP contribution in [0.1, 0.15) is 49.7 Å². The number of anilines is 1. The van der Waals surface area contributed by atoms with Crippen molar-refractivity contribution in [1.29, 1.82) is 0 Å². The first-order valence-electron chi connectivity index (χ1n) is 12.6. The third-order valence-electron chi connectivity index (χ3n) is 6.98. The Balaban J connectivity index is 1.24. The van der Waals surface area contributed by atoms with Gasteiger partial charge in [0, 0.05) is 38.4 Å². The summed E-state index contributed by atoms with van der Waals surface area (Å²) in [6, 6.07) is 18.4. The van der Waals surface area contributed by atoms with Gasteiger partial charge in [-0.1, -0.05) is 42.5 Å². The summed E-state index contributed by atoms with van der Waals surface area (Å²) in [6.07, 6.45) is 6.60. The van der Waals surface area contributed by atoms with Crippen LogP contribution in [0.25, 0.3) is 0 Å². The number of amides is 1. The second-order valence-corrected chi connectivity index (χ2v) is 11.6. The number of hydrogen-bond acceptors (Lipinski definition) is 4. The van der Waals surface area contributed by atoms with Crippen LogP contribution in [0.5, 0.6) is 0 Å².